The zero-order valence-electron chi connectivity index (χ0n) is 14.8. The lowest BCUT2D eigenvalue weighted by Crippen LogP contribution is -2.40. The highest BCUT2D eigenvalue weighted by Gasteiger charge is 2.35. The van der Waals surface area contributed by atoms with Crippen molar-refractivity contribution < 1.29 is 22.7 Å². The van der Waals surface area contributed by atoms with Gasteiger partial charge in [0, 0.05) is 16.8 Å². The van der Waals surface area contributed by atoms with E-state index in [0.29, 0.717) is 14.8 Å². The highest BCUT2D eigenvalue weighted by molar-refractivity contribution is 7.92. The molecule has 28 heavy (non-hydrogen) atoms. The van der Waals surface area contributed by atoms with Crippen molar-refractivity contribution in [1.82, 2.24) is 4.72 Å². The number of carbonyl (C=O) groups is 1. The van der Waals surface area contributed by atoms with E-state index in [1.807, 2.05) is 0 Å². The molecule has 150 valence electrons. The van der Waals surface area contributed by atoms with Gasteiger partial charge in [0.1, 0.15) is 11.9 Å². The van der Waals surface area contributed by atoms with Crippen LogP contribution >= 0.6 is 22.9 Å². The van der Waals surface area contributed by atoms with Crippen LogP contribution in [0.5, 0.6) is 0 Å². The van der Waals surface area contributed by atoms with Gasteiger partial charge in [0.15, 0.2) is 0 Å². The summed E-state index contributed by atoms with van der Waals surface area (Å²) in [6, 6.07) is 6.47. The Bertz CT molecular complexity index is 1020. The molecule has 1 fully saturated rings. The van der Waals surface area contributed by atoms with Crippen molar-refractivity contribution in [2.75, 3.05) is 11.4 Å². The molecule has 1 saturated heterocycles. The van der Waals surface area contributed by atoms with Gasteiger partial charge in [0.25, 0.3) is 0 Å². The number of nitrogens with zero attached hydrogens (tertiary/aromatic N) is 1. The number of rotatable bonds is 6. The van der Waals surface area contributed by atoms with Crippen LogP contribution in [-0.4, -0.2) is 32.0 Å². The number of aliphatic hydroxyl groups is 1. The number of sulfonamides is 1. The summed E-state index contributed by atoms with van der Waals surface area (Å²) in [5.74, 6) is -1.18. The Labute approximate surface area is 171 Å². The lowest BCUT2D eigenvalue weighted by atomic mass is 10.1. The van der Waals surface area contributed by atoms with Gasteiger partial charge in [-0.15, -0.1) is 11.3 Å². The first kappa shape index (κ1) is 20.9. The first-order valence-corrected chi connectivity index (χ1v) is 11.1. The number of amides is 1. The second-order valence-corrected chi connectivity index (χ2v) is 9.67. The quantitative estimate of drug-likeness (QED) is 0.715. The molecular weight excluding hydrogens is 427 g/mol. The molecule has 1 amide bonds. The molecule has 0 spiro atoms. The molecule has 1 unspecified atom stereocenters. The number of thiophene rings is 1. The predicted molar refractivity (Wildman–Crippen MR) is 108 cm³/mol. The highest BCUT2D eigenvalue weighted by atomic mass is 35.5. The summed E-state index contributed by atoms with van der Waals surface area (Å²) in [4.78, 5) is 14.4. The minimum absolute atomic E-state index is 0.0554. The van der Waals surface area contributed by atoms with Gasteiger partial charge in [0.2, 0.25) is 15.9 Å². The summed E-state index contributed by atoms with van der Waals surface area (Å²) in [5, 5.41) is 10.5. The smallest absolute Gasteiger partial charge is 0.245 e. The van der Waals surface area contributed by atoms with E-state index in [1.165, 1.54) is 47.4 Å². The minimum Gasteiger partial charge on any atom is -0.389 e. The van der Waals surface area contributed by atoms with E-state index < -0.39 is 33.9 Å². The number of halogens is 2. The number of anilines is 1. The molecule has 2 N–H and O–H groups in total. The van der Waals surface area contributed by atoms with Crippen LogP contribution in [0.25, 0.3) is 6.08 Å². The standard InChI is InChI=1S/C18H18ClFN2O4S2/c1-11(23)12-2-4-16(14(20)10-12)22-8-6-15(18(22)24)21-28(25,26)9-7-13-3-5-17(19)27-13/h2-5,7,9-11,15,21,23H,6,8H2,1H3/t11?,15-/m0/s1. The Morgan fingerprint density at radius 3 is 2.75 bits per heavy atom. The van der Waals surface area contributed by atoms with E-state index in [-0.39, 0.29) is 18.7 Å². The fraction of sp³-hybridized carbons (Fsp3) is 0.278. The molecule has 0 radical (unpaired) electrons. The molecular formula is C18H18ClFN2O4S2. The van der Waals surface area contributed by atoms with Gasteiger partial charge in [-0.25, -0.2) is 12.8 Å². The molecule has 1 aliphatic rings. The third kappa shape index (κ3) is 4.79. The Morgan fingerprint density at radius 2 is 2.14 bits per heavy atom. The maximum absolute atomic E-state index is 14.3. The van der Waals surface area contributed by atoms with Gasteiger partial charge in [-0.3, -0.25) is 4.79 Å². The van der Waals surface area contributed by atoms with Gasteiger partial charge in [-0.05, 0) is 49.2 Å². The molecule has 2 atom stereocenters. The van der Waals surface area contributed by atoms with E-state index >= 15 is 0 Å². The molecule has 1 aliphatic heterocycles. The maximum Gasteiger partial charge on any atom is 0.245 e. The van der Waals surface area contributed by atoms with Crippen molar-refractivity contribution in [3.63, 3.8) is 0 Å². The third-order valence-electron chi connectivity index (χ3n) is 4.26. The van der Waals surface area contributed by atoms with E-state index in [4.69, 9.17) is 11.6 Å². The van der Waals surface area contributed by atoms with Gasteiger partial charge in [-0.1, -0.05) is 17.7 Å². The van der Waals surface area contributed by atoms with Gasteiger partial charge in [0.05, 0.1) is 16.1 Å². The molecule has 10 heteroatoms. The Hall–Kier alpha value is -1.78. The van der Waals surface area contributed by atoms with Crippen molar-refractivity contribution >= 4 is 50.6 Å². The number of hydrogen-bond donors (Lipinski definition) is 2. The molecule has 2 aromatic rings. The number of aliphatic hydroxyl groups excluding tert-OH is 1. The average molecular weight is 445 g/mol. The van der Waals surface area contributed by atoms with E-state index in [1.54, 1.807) is 12.1 Å². The van der Waals surface area contributed by atoms with Crippen LogP contribution in [0.4, 0.5) is 10.1 Å². The van der Waals surface area contributed by atoms with Gasteiger partial charge >= 0.3 is 0 Å². The topological polar surface area (TPSA) is 86.7 Å². The van der Waals surface area contributed by atoms with Crippen LogP contribution in [-0.2, 0) is 14.8 Å². The number of benzene rings is 1. The van der Waals surface area contributed by atoms with Gasteiger partial charge in [-0.2, -0.15) is 4.72 Å². The van der Waals surface area contributed by atoms with Crippen molar-refractivity contribution in [3.8, 4) is 0 Å². The maximum atomic E-state index is 14.3. The van der Waals surface area contributed by atoms with Crippen LogP contribution in [0.1, 0.15) is 29.9 Å². The molecule has 6 nitrogen and oxygen atoms in total. The molecule has 3 rings (SSSR count). The normalized spacial score (nSPS) is 18.9. The molecule has 0 aliphatic carbocycles. The second kappa shape index (κ2) is 8.30. The largest absolute Gasteiger partial charge is 0.389 e. The van der Waals surface area contributed by atoms with Crippen LogP contribution in [0.3, 0.4) is 0 Å². The summed E-state index contributed by atoms with van der Waals surface area (Å²) >= 11 is 7.03. The average Bonchev–Trinajstić information content (AvgIpc) is 3.19. The summed E-state index contributed by atoms with van der Waals surface area (Å²) in [6.45, 7) is 1.69. The zero-order valence-corrected chi connectivity index (χ0v) is 17.2. The third-order valence-corrected chi connectivity index (χ3v) is 6.57. The number of nitrogens with one attached hydrogen (secondary N) is 1. The molecule has 0 bridgehead atoms. The lowest BCUT2D eigenvalue weighted by molar-refractivity contribution is -0.118. The SMILES string of the molecule is CC(O)c1ccc(N2CC[C@H](NS(=O)(=O)C=Cc3ccc(Cl)s3)C2=O)c(F)c1. The lowest BCUT2D eigenvalue weighted by Gasteiger charge is -2.18. The van der Waals surface area contributed by atoms with E-state index in [9.17, 15) is 22.7 Å². The summed E-state index contributed by atoms with van der Waals surface area (Å²) in [5.41, 5.74) is 0.448. The molecule has 2 heterocycles. The van der Waals surface area contributed by atoms with Gasteiger partial charge < -0.3 is 10.0 Å². The minimum atomic E-state index is -3.86. The summed E-state index contributed by atoms with van der Waals surface area (Å²) in [7, 11) is -3.86. The van der Waals surface area contributed by atoms with Crippen molar-refractivity contribution in [3.05, 3.63) is 56.3 Å². The Morgan fingerprint density at radius 1 is 1.39 bits per heavy atom. The Kier molecular flexibility index (Phi) is 6.21. The van der Waals surface area contributed by atoms with E-state index in [2.05, 4.69) is 4.72 Å². The molecule has 1 aromatic heterocycles. The highest BCUT2D eigenvalue weighted by Crippen LogP contribution is 2.28. The van der Waals surface area contributed by atoms with Crippen LogP contribution in [0, 0.1) is 5.82 Å². The summed E-state index contributed by atoms with van der Waals surface area (Å²) < 4.78 is 41.7. The van der Waals surface area contributed by atoms with Crippen LogP contribution in [0.15, 0.2) is 35.7 Å². The van der Waals surface area contributed by atoms with Crippen molar-refractivity contribution in [2.24, 2.45) is 0 Å². The number of carbonyl (C=O) groups excluding carboxylic acids is 1. The van der Waals surface area contributed by atoms with Crippen molar-refractivity contribution in [2.45, 2.75) is 25.5 Å². The summed E-state index contributed by atoms with van der Waals surface area (Å²) in [6.07, 6.45) is 0.779. The first-order chi connectivity index (χ1) is 13.2. The van der Waals surface area contributed by atoms with Crippen molar-refractivity contribution in [1.29, 1.82) is 0 Å². The Balaban J connectivity index is 1.71. The zero-order chi connectivity index (χ0) is 20.5. The monoisotopic (exact) mass is 444 g/mol. The number of hydrogen-bond acceptors (Lipinski definition) is 5. The fourth-order valence-corrected chi connectivity index (χ4v) is 4.91. The first-order valence-electron chi connectivity index (χ1n) is 8.41. The predicted octanol–water partition coefficient (Wildman–Crippen LogP) is 3.29. The fourth-order valence-electron chi connectivity index (χ4n) is 2.84. The second-order valence-electron chi connectivity index (χ2n) is 6.33. The molecule has 0 saturated carbocycles. The molecule has 1 aromatic carbocycles. The van der Waals surface area contributed by atoms with E-state index in [0.717, 1.165) is 5.41 Å². The van der Waals surface area contributed by atoms with Crippen LogP contribution in [0.2, 0.25) is 4.34 Å². The van der Waals surface area contributed by atoms with Crippen LogP contribution < -0.4 is 9.62 Å².